The van der Waals surface area contributed by atoms with Crippen molar-refractivity contribution in [3.8, 4) is 0 Å². The van der Waals surface area contributed by atoms with Crippen LogP contribution in [0.4, 0.5) is 0 Å². The average Bonchev–Trinajstić information content (AvgIpc) is 3.18. The lowest BCUT2D eigenvalue weighted by Crippen LogP contribution is -2.17. The molecule has 0 saturated heterocycles. The summed E-state index contributed by atoms with van der Waals surface area (Å²) >= 11 is 0. The summed E-state index contributed by atoms with van der Waals surface area (Å²) in [6.45, 7) is 0. The van der Waals surface area contributed by atoms with Crippen molar-refractivity contribution in [2.45, 2.75) is 0 Å². The summed E-state index contributed by atoms with van der Waals surface area (Å²) < 4.78 is 3.83. The summed E-state index contributed by atoms with van der Waals surface area (Å²) in [7, 11) is 0. The Bertz CT molecular complexity index is 1880. The molecule has 0 radical (unpaired) electrons. The van der Waals surface area contributed by atoms with Gasteiger partial charge in [0.05, 0.1) is 33.0 Å². The number of nitrogens with zero attached hydrogens (tertiary/aromatic N) is 4. The van der Waals surface area contributed by atoms with Crippen LogP contribution in [-0.4, -0.2) is 18.8 Å². The molecular formula is C25H14N4O. The third-order valence-corrected chi connectivity index (χ3v) is 5.86. The van der Waals surface area contributed by atoms with Crippen LogP contribution in [0.5, 0.6) is 0 Å². The fourth-order valence-corrected chi connectivity index (χ4v) is 4.50. The van der Waals surface area contributed by atoms with E-state index in [2.05, 4.69) is 34.7 Å². The van der Waals surface area contributed by atoms with Gasteiger partial charge in [-0.05, 0) is 47.2 Å². The highest BCUT2D eigenvalue weighted by molar-refractivity contribution is 6.01. The highest BCUT2D eigenvalue weighted by atomic mass is 16.1. The first-order valence-electron chi connectivity index (χ1n) is 9.83. The zero-order valence-corrected chi connectivity index (χ0v) is 15.8. The van der Waals surface area contributed by atoms with Gasteiger partial charge in [0.2, 0.25) is 0 Å². The van der Waals surface area contributed by atoms with Crippen molar-refractivity contribution in [3.05, 3.63) is 95.3 Å². The maximum Gasteiger partial charge on any atom is 0.266 e. The molecule has 0 aliphatic carbocycles. The average molecular weight is 386 g/mol. The molecular weight excluding hydrogens is 372 g/mol. The molecule has 140 valence electrons. The number of rotatable bonds is 0. The Morgan fingerprint density at radius 3 is 1.93 bits per heavy atom. The molecule has 3 aromatic heterocycles. The zero-order chi connectivity index (χ0) is 19.8. The van der Waals surface area contributed by atoms with Crippen molar-refractivity contribution >= 4 is 55.0 Å². The quantitative estimate of drug-likeness (QED) is 0.274. The first kappa shape index (κ1) is 15.6. The van der Waals surface area contributed by atoms with Crippen LogP contribution in [0.2, 0.25) is 0 Å². The van der Waals surface area contributed by atoms with E-state index in [0.29, 0.717) is 22.2 Å². The second-order valence-electron chi connectivity index (χ2n) is 7.54. The van der Waals surface area contributed by atoms with E-state index < -0.39 is 0 Å². The van der Waals surface area contributed by atoms with Crippen molar-refractivity contribution in [1.29, 1.82) is 0 Å². The molecule has 7 rings (SSSR count). The molecule has 7 aromatic rings. The smallest absolute Gasteiger partial charge is 0.266 e. The van der Waals surface area contributed by atoms with Crippen LogP contribution < -0.4 is 5.56 Å². The number of aromatic nitrogens is 4. The Balaban J connectivity index is 1.90. The van der Waals surface area contributed by atoms with Gasteiger partial charge in [-0.25, -0.2) is 9.97 Å². The Morgan fingerprint density at radius 1 is 0.567 bits per heavy atom. The van der Waals surface area contributed by atoms with E-state index in [1.165, 1.54) is 0 Å². The van der Waals surface area contributed by atoms with E-state index >= 15 is 0 Å². The molecule has 5 nitrogen and oxygen atoms in total. The molecule has 0 atom stereocenters. The number of para-hydroxylation sites is 3. The van der Waals surface area contributed by atoms with Crippen LogP contribution in [0.25, 0.3) is 55.0 Å². The summed E-state index contributed by atoms with van der Waals surface area (Å²) in [6.07, 6.45) is 0. The van der Waals surface area contributed by atoms with E-state index in [1.807, 2.05) is 54.6 Å². The summed E-state index contributed by atoms with van der Waals surface area (Å²) in [5.74, 6) is 0. The molecule has 5 heteroatoms. The fourth-order valence-electron chi connectivity index (χ4n) is 4.50. The minimum absolute atomic E-state index is 0.0783. The molecule has 0 unspecified atom stereocenters. The lowest BCUT2D eigenvalue weighted by atomic mass is 10.1. The topological polar surface area (TPSA) is 51.7 Å². The molecule has 0 N–H and O–H groups in total. The van der Waals surface area contributed by atoms with E-state index in [1.54, 1.807) is 4.40 Å². The Kier molecular flexibility index (Phi) is 2.83. The lowest BCUT2D eigenvalue weighted by molar-refractivity contribution is 1.10. The van der Waals surface area contributed by atoms with E-state index in [9.17, 15) is 4.79 Å². The third-order valence-electron chi connectivity index (χ3n) is 5.86. The van der Waals surface area contributed by atoms with Gasteiger partial charge in [-0.1, -0.05) is 48.5 Å². The summed E-state index contributed by atoms with van der Waals surface area (Å²) in [6, 6.07) is 27.9. The molecule has 0 amide bonds. The number of benzene rings is 4. The van der Waals surface area contributed by atoms with Crippen LogP contribution >= 0.6 is 0 Å². The van der Waals surface area contributed by atoms with Crippen molar-refractivity contribution in [2.24, 2.45) is 0 Å². The van der Waals surface area contributed by atoms with Crippen LogP contribution in [0, 0.1) is 0 Å². The largest absolute Gasteiger partial charge is 0.288 e. The normalized spacial score (nSPS) is 12.1. The van der Waals surface area contributed by atoms with Gasteiger partial charge in [-0.2, -0.15) is 0 Å². The second-order valence-corrected chi connectivity index (χ2v) is 7.54. The molecule has 3 heterocycles. The van der Waals surface area contributed by atoms with E-state index in [-0.39, 0.29) is 5.56 Å². The van der Waals surface area contributed by atoms with Gasteiger partial charge in [0.15, 0.2) is 11.3 Å². The van der Waals surface area contributed by atoms with Gasteiger partial charge < -0.3 is 0 Å². The van der Waals surface area contributed by atoms with Gasteiger partial charge in [0.25, 0.3) is 5.56 Å². The van der Waals surface area contributed by atoms with Crippen LogP contribution in [0.3, 0.4) is 0 Å². The van der Waals surface area contributed by atoms with Crippen molar-refractivity contribution in [2.75, 3.05) is 0 Å². The molecule has 0 fully saturated rings. The number of hydrogen-bond donors (Lipinski definition) is 0. The summed E-state index contributed by atoms with van der Waals surface area (Å²) in [5.41, 5.74) is 5.48. The third kappa shape index (κ3) is 1.89. The van der Waals surface area contributed by atoms with Gasteiger partial charge >= 0.3 is 0 Å². The predicted octanol–water partition coefficient (Wildman–Crippen LogP) is 4.96. The lowest BCUT2D eigenvalue weighted by Gasteiger charge is -2.12. The number of imidazole rings is 1. The zero-order valence-electron chi connectivity index (χ0n) is 15.8. The molecule has 30 heavy (non-hydrogen) atoms. The molecule has 0 saturated carbocycles. The highest BCUT2D eigenvalue weighted by Crippen LogP contribution is 2.29. The number of hydrogen-bond acceptors (Lipinski definition) is 3. The maximum atomic E-state index is 13.6. The van der Waals surface area contributed by atoms with Gasteiger partial charge in [-0.15, -0.1) is 0 Å². The molecule has 4 aromatic carbocycles. The number of fused-ring (bicyclic) bond motifs is 10. The van der Waals surface area contributed by atoms with E-state index in [0.717, 1.165) is 32.8 Å². The summed E-state index contributed by atoms with van der Waals surface area (Å²) in [5, 5.41) is 2.80. The fraction of sp³-hybridized carbons (Fsp3) is 0. The SMILES string of the molecule is O=c1c2ccccc2nc2c3nc4ccccc4n3c3cc4ccccc4cc3n12. The molecule has 0 aliphatic rings. The van der Waals surface area contributed by atoms with Crippen molar-refractivity contribution in [3.63, 3.8) is 0 Å². The van der Waals surface area contributed by atoms with Crippen LogP contribution in [-0.2, 0) is 0 Å². The molecule has 0 aliphatic heterocycles. The Morgan fingerprint density at radius 2 is 1.13 bits per heavy atom. The molecule has 0 bridgehead atoms. The van der Waals surface area contributed by atoms with Gasteiger partial charge in [-0.3, -0.25) is 13.6 Å². The van der Waals surface area contributed by atoms with Crippen LogP contribution in [0.1, 0.15) is 0 Å². The van der Waals surface area contributed by atoms with Crippen molar-refractivity contribution in [1.82, 2.24) is 18.8 Å². The first-order valence-corrected chi connectivity index (χ1v) is 9.83. The van der Waals surface area contributed by atoms with Gasteiger partial charge in [0.1, 0.15) is 0 Å². The van der Waals surface area contributed by atoms with E-state index in [4.69, 9.17) is 9.97 Å². The summed E-state index contributed by atoms with van der Waals surface area (Å²) in [4.78, 5) is 23.3. The highest BCUT2D eigenvalue weighted by Gasteiger charge is 2.17. The van der Waals surface area contributed by atoms with Crippen molar-refractivity contribution < 1.29 is 0 Å². The second kappa shape index (κ2) is 5.42. The minimum atomic E-state index is -0.0783. The minimum Gasteiger partial charge on any atom is -0.288 e. The Labute approximate surface area is 169 Å². The standard InChI is InChI=1S/C25H14N4O/c30-25-17-9-3-4-10-18(17)26-24-23-27-19-11-5-6-12-20(19)28(23)21-13-15-7-1-2-8-16(15)14-22(21)29(24)25/h1-14H. The Hall–Kier alpha value is -4.25. The monoisotopic (exact) mass is 386 g/mol. The molecule has 0 spiro atoms. The predicted molar refractivity (Wildman–Crippen MR) is 120 cm³/mol. The maximum absolute atomic E-state index is 13.6. The van der Waals surface area contributed by atoms with Gasteiger partial charge in [0, 0.05) is 0 Å². The van der Waals surface area contributed by atoms with Crippen LogP contribution in [0.15, 0.2) is 89.7 Å². The first-order chi connectivity index (χ1) is 14.8.